The molecule has 1 atom stereocenters. The fourth-order valence-corrected chi connectivity index (χ4v) is 2.63. The lowest BCUT2D eigenvalue weighted by Gasteiger charge is -2.31. The zero-order valence-electron chi connectivity index (χ0n) is 12.2. The Hall–Kier alpha value is -1.10. The summed E-state index contributed by atoms with van der Waals surface area (Å²) in [7, 11) is 3.75. The van der Waals surface area contributed by atoms with Crippen molar-refractivity contribution in [1.29, 1.82) is 0 Å². The van der Waals surface area contributed by atoms with E-state index in [0.29, 0.717) is 6.04 Å². The van der Waals surface area contributed by atoms with Crippen molar-refractivity contribution in [1.82, 2.24) is 15.5 Å². The van der Waals surface area contributed by atoms with Crippen molar-refractivity contribution in [2.45, 2.75) is 13.0 Å². The van der Waals surface area contributed by atoms with Gasteiger partial charge in [-0.05, 0) is 31.2 Å². The van der Waals surface area contributed by atoms with Gasteiger partial charge in [-0.15, -0.1) is 0 Å². The van der Waals surface area contributed by atoms with Gasteiger partial charge in [0.2, 0.25) is 0 Å². The van der Waals surface area contributed by atoms with Crippen LogP contribution in [0.25, 0.3) is 0 Å². The van der Waals surface area contributed by atoms with E-state index in [-0.39, 0.29) is 0 Å². The smallest absolute Gasteiger partial charge is 0.121 e. The third kappa shape index (κ3) is 3.69. The molecule has 1 aliphatic rings. The van der Waals surface area contributed by atoms with Gasteiger partial charge >= 0.3 is 0 Å². The molecule has 2 N–H and O–H groups in total. The van der Waals surface area contributed by atoms with E-state index in [9.17, 15) is 0 Å². The first-order valence-corrected chi connectivity index (χ1v) is 6.99. The van der Waals surface area contributed by atoms with Gasteiger partial charge in [0.15, 0.2) is 0 Å². The quantitative estimate of drug-likeness (QED) is 0.836. The average molecular weight is 263 g/mol. The van der Waals surface area contributed by atoms with Gasteiger partial charge < -0.3 is 15.4 Å². The molecule has 1 heterocycles. The minimum atomic E-state index is 0.378. The Labute approximate surface area is 116 Å². The van der Waals surface area contributed by atoms with Crippen LogP contribution in [0.15, 0.2) is 18.2 Å². The van der Waals surface area contributed by atoms with Crippen LogP contribution >= 0.6 is 0 Å². The number of nitrogens with zero attached hydrogens (tertiary/aromatic N) is 1. The van der Waals surface area contributed by atoms with Gasteiger partial charge in [-0.3, -0.25) is 4.90 Å². The molecule has 106 valence electrons. The summed E-state index contributed by atoms with van der Waals surface area (Å²) >= 11 is 0. The number of piperazine rings is 1. The van der Waals surface area contributed by atoms with Crippen molar-refractivity contribution >= 4 is 0 Å². The molecule has 4 nitrogen and oxygen atoms in total. The number of methoxy groups -OCH3 is 1. The summed E-state index contributed by atoms with van der Waals surface area (Å²) in [5.74, 6) is 0.959. The molecular formula is C15H25N3O. The normalized spacial score (nSPS) is 18.3. The number of benzene rings is 1. The molecule has 1 unspecified atom stereocenters. The Morgan fingerprint density at radius 3 is 2.68 bits per heavy atom. The lowest BCUT2D eigenvalue weighted by atomic mass is 10.0. The fourth-order valence-electron chi connectivity index (χ4n) is 2.63. The van der Waals surface area contributed by atoms with Crippen molar-refractivity contribution in [3.8, 4) is 5.75 Å². The Morgan fingerprint density at radius 2 is 2.11 bits per heavy atom. The molecule has 4 heteroatoms. The van der Waals surface area contributed by atoms with Gasteiger partial charge in [0.05, 0.1) is 7.11 Å². The number of aryl methyl sites for hydroxylation is 1. The standard InChI is InChI=1S/C15H25N3O/c1-12-10-13(4-5-15(12)19-3)14(16-2)11-18-8-6-17-7-9-18/h4-5,10,14,16-17H,6-9,11H2,1-3H3. The van der Waals surface area contributed by atoms with Gasteiger partial charge in [-0.2, -0.15) is 0 Å². The molecule has 19 heavy (non-hydrogen) atoms. The Bertz CT molecular complexity index is 402. The molecular weight excluding hydrogens is 238 g/mol. The second-order valence-electron chi connectivity index (χ2n) is 5.12. The first-order valence-electron chi connectivity index (χ1n) is 6.99. The molecule has 0 spiro atoms. The van der Waals surface area contributed by atoms with Crippen LogP contribution in [0.1, 0.15) is 17.2 Å². The van der Waals surface area contributed by atoms with E-state index in [1.807, 2.05) is 7.05 Å². The van der Waals surface area contributed by atoms with Gasteiger partial charge in [-0.25, -0.2) is 0 Å². The molecule has 0 radical (unpaired) electrons. The summed E-state index contributed by atoms with van der Waals surface area (Å²) in [4.78, 5) is 2.51. The maximum Gasteiger partial charge on any atom is 0.121 e. The lowest BCUT2D eigenvalue weighted by Crippen LogP contribution is -2.46. The van der Waals surface area contributed by atoms with E-state index in [2.05, 4.69) is 40.7 Å². The third-order valence-electron chi connectivity index (χ3n) is 3.82. The van der Waals surface area contributed by atoms with Crippen molar-refractivity contribution in [2.75, 3.05) is 46.9 Å². The molecule has 0 bridgehead atoms. The van der Waals surface area contributed by atoms with E-state index >= 15 is 0 Å². The molecule has 1 fully saturated rings. The van der Waals surface area contributed by atoms with E-state index in [1.54, 1.807) is 7.11 Å². The highest BCUT2D eigenvalue weighted by atomic mass is 16.5. The molecule has 2 rings (SSSR count). The fraction of sp³-hybridized carbons (Fsp3) is 0.600. The second kappa shape index (κ2) is 6.89. The monoisotopic (exact) mass is 263 g/mol. The van der Waals surface area contributed by atoms with Crippen LogP contribution in [0.5, 0.6) is 5.75 Å². The number of likely N-dealkylation sites (N-methyl/N-ethyl adjacent to an activating group) is 1. The van der Waals surface area contributed by atoms with Crippen molar-refractivity contribution in [2.24, 2.45) is 0 Å². The maximum atomic E-state index is 5.32. The van der Waals surface area contributed by atoms with Crippen molar-refractivity contribution in [3.05, 3.63) is 29.3 Å². The van der Waals surface area contributed by atoms with E-state index in [4.69, 9.17) is 4.74 Å². The largest absolute Gasteiger partial charge is 0.496 e. The number of hydrogen-bond donors (Lipinski definition) is 2. The summed E-state index contributed by atoms with van der Waals surface area (Å²) in [5, 5.41) is 6.82. The van der Waals surface area contributed by atoms with E-state index < -0.39 is 0 Å². The third-order valence-corrected chi connectivity index (χ3v) is 3.82. The van der Waals surface area contributed by atoms with Crippen LogP contribution in [-0.2, 0) is 0 Å². The number of nitrogens with one attached hydrogen (secondary N) is 2. The highest BCUT2D eigenvalue weighted by Crippen LogP contribution is 2.23. The minimum absolute atomic E-state index is 0.378. The van der Waals surface area contributed by atoms with Crippen molar-refractivity contribution in [3.63, 3.8) is 0 Å². The SMILES string of the molecule is CNC(CN1CCNCC1)c1ccc(OC)c(C)c1. The van der Waals surface area contributed by atoms with E-state index in [1.165, 1.54) is 11.1 Å². The summed E-state index contributed by atoms with van der Waals surface area (Å²) in [6.45, 7) is 7.61. The first-order chi connectivity index (χ1) is 9.24. The van der Waals surface area contributed by atoms with Gasteiger partial charge in [-0.1, -0.05) is 12.1 Å². The van der Waals surface area contributed by atoms with Gasteiger partial charge in [0, 0.05) is 38.8 Å². The second-order valence-corrected chi connectivity index (χ2v) is 5.12. The zero-order valence-corrected chi connectivity index (χ0v) is 12.2. The summed E-state index contributed by atoms with van der Waals surface area (Å²) in [5.41, 5.74) is 2.53. The minimum Gasteiger partial charge on any atom is -0.496 e. The molecule has 0 aliphatic carbocycles. The summed E-state index contributed by atoms with van der Waals surface area (Å²) in [6.07, 6.45) is 0. The van der Waals surface area contributed by atoms with E-state index in [0.717, 1.165) is 38.5 Å². The first kappa shape index (κ1) is 14.3. The lowest BCUT2D eigenvalue weighted by molar-refractivity contribution is 0.219. The molecule has 0 saturated carbocycles. The molecule has 1 aromatic carbocycles. The molecule has 0 amide bonds. The average Bonchev–Trinajstić information content (AvgIpc) is 2.46. The highest BCUT2D eigenvalue weighted by Gasteiger charge is 2.17. The Balaban J connectivity index is 2.05. The van der Waals surface area contributed by atoms with Crippen LogP contribution in [0.4, 0.5) is 0 Å². The predicted molar refractivity (Wildman–Crippen MR) is 78.8 cm³/mol. The summed E-state index contributed by atoms with van der Waals surface area (Å²) in [6, 6.07) is 6.83. The molecule has 1 aliphatic heterocycles. The predicted octanol–water partition coefficient (Wildman–Crippen LogP) is 1.17. The Kier molecular flexibility index (Phi) is 5.19. The molecule has 1 aromatic rings. The molecule has 1 saturated heterocycles. The van der Waals surface area contributed by atoms with Gasteiger partial charge in [0.1, 0.15) is 5.75 Å². The molecule has 0 aromatic heterocycles. The number of ether oxygens (including phenoxy) is 1. The van der Waals surface area contributed by atoms with Gasteiger partial charge in [0.25, 0.3) is 0 Å². The van der Waals surface area contributed by atoms with Crippen LogP contribution in [-0.4, -0.2) is 51.8 Å². The number of hydrogen-bond acceptors (Lipinski definition) is 4. The van der Waals surface area contributed by atoms with Crippen molar-refractivity contribution < 1.29 is 4.74 Å². The number of rotatable bonds is 5. The Morgan fingerprint density at radius 1 is 1.37 bits per heavy atom. The van der Waals surface area contributed by atoms with Crippen LogP contribution in [0, 0.1) is 6.92 Å². The topological polar surface area (TPSA) is 36.5 Å². The highest BCUT2D eigenvalue weighted by molar-refractivity contribution is 5.37. The maximum absolute atomic E-state index is 5.32. The van der Waals surface area contributed by atoms with Crippen LogP contribution < -0.4 is 15.4 Å². The van der Waals surface area contributed by atoms with Crippen LogP contribution in [0.3, 0.4) is 0 Å². The van der Waals surface area contributed by atoms with Crippen LogP contribution in [0.2, 0.25) is 0 Å². The summed E-state index contributed by atoms with van der Waals surface area (Å²) < 4.78 is 5.32. The zero-order chi connectivity index (χ0) is 13.7.